The quantitative estimate of drug-likeness (QED) is 0.263. The molecule has 2 aromatic carbocycles. The minimum Gasteiger partial charge on any atom is -0.504 e. The summed E-state index contributed by atoms with van der Waals surface area (Å²) in [5.74, 6) is 1.82. The van der Waals surface area contributed by atoms with Crippen molar-refractivity contribution in [2.75, 3.05) is 12.4 Å². The van der Waals surface area contributed by atoms with Crippen molar-refractivity contribution in [3.05, 3.63) is 63.4 Å². The fraction of sp³-hybridized carbons (Fsp3) is 0.323. The Labute approximate surface area is 228 Å². The van der Waals surface area contributed by atoms with E-state index in [4.69, 9.17) is 14.3 Å². The number of anilines is 1. The number of oxime groups is 1. The molecule has 0 spiro atoms. The molecule has 0 saturated carbocycles. The summed E-state index contributed by atoms with van der Waals surface area (Å²) in [4.78, 5) is 6.71. The number of aromatic hydroxyl groups is 1. The van der Waals surface area contributed by atoms with Crippen LogP contribution in [0.2, 0.25) is 0 Å². The molecule has 0 bridgehead atoms. The topological polar surface area (TPSA) is 72.3 Å². The number of ether oxygens (including phenoxy) is 2. The maximum atomic E-state index is 10.6. The SMILES string of the molecule is COc1c(O)ccc2c1-c1ccc3c(c1C(=Cc1sccc1C(C)=NOC(C)(C)C)O2)C(C)=CC(C)(C)N3. The highest BCUT2D eigenvalue weighted by Gasteiger charge is 2.33. The fourth-order valence-electron chi connectivity index (χ4n) is 5.05. The molecule has 0 unspecified atom stereocenters. The zero-order valence-corrected chi connectivity index (χ0v) is 24.0. The Kier molecular flexibility index (Phi) is 6.30. The summed E-state index contributed by atoms with van der Waals surface area (Å²) < 4.78 is 12.2. The molecule has 0 radical (unpaired) electrons. The maximum Gasteiger partial charge on any atom is 0.172 e. The predicted octanol–water partition coefficient (Wildman–Crippen LogP) is 8.17. The van der Waals surface area contributed by atoms with E-state index in [1.165, 1.54) is 0 Å². The first kappa shape index (κ1) is 25.9. The van der Waals surface area contributed by atoms with Crippen LogP contribution in [0.3, 0.4) is 0 Å². The van der Waals surface area contributed by atoms with Gasteiger partial charge in [0.15, 0.2) is 11.5 Å². The van der Waals surface area contributed by atoms with Crippen LogP contribution in [0.25, 0.3) is 28.5 Å². The highest BCUT2D eigenvalue weighted by atomic mass is 32.1. The van der Waals surface area contributed by atoms with Gasteiger partial charge in [-0.3, -0.25) is 0 Å². The van der Waals surface area contributed by atoms with Gasteiger partial charge < -0.3 is 24.7 Å². The van der Waals surface area contributed by atoms with Crippen LogP contribution in [0.1, 0.15) is 70.0 Å². The number of fused-ring (bicyclic) bond motifs is 5. The van der Waals surface area contributed by atoms with Gasteiger partial charge in [0, 0.05) is 32.8 Å². The summed E-state index contributed by atoms with van der Waals surface area (Å²) >= 11 is 1.62. The number of hydrogen-bond donors (Lipinski definition) is 2. The summed E-state index contributed by atoms with van der Waals surface area (Å²) in [6, 6.07) is 9.61. The van der Waals surface area contributed by atoms with Gasteiger partial charge in [0.05, 0.1) is 23.9 Å². The van der Waals surface area contributed by atoms with Crippen molar-refractivity contribution in [1.82, 2.24) is 0 Å². The van der Waals surface area contributed by atoms with E-state index >= 15 is 0 Å². The van der Waals surface area contributed by atoms with Crippen molar-refractivity contribution < 1.29 is 19.4 Å². The summed E-state index contributed by atoms with van der Waals surface area (Å²) in [5.41, 5.74) is 7.13. The lowest BCUT2D eigenvalue weighted by Gasteiger charge is -2.35. The first-order valence-electron chi connectivity index (χ1n) is 12.6. The van der Waals surface area contributed by atoms with Gasteiger partial charge in [-0.05, 0) is 89.8 Å². The van der Waals surface area contributed by atoms with Gasteiger partial charge >= 0.3 is 0 Å². The lowest BCUT2D eigenvalue weighted by Crippen LogP contribution is -2.32. The largest absolute Gasteiger partial charge is 0.504 e. The molecule has 7 heteroatoms. The monoisotopic (exact) mass is 530 g/mol. The van der Waals surface area contributed by atoms with Crippen LogP contribution >= 0.6 is 11.3 Å². The van der Waals surface area contributed by atoms with E-state index in [1.54, 1.807) is 30.6 Å². The molecule has 2 aliphatic heterocycles. The Morgan fingerprint density at radius 1 is 1.11 bits per heavy atom. The number of nitrogens with one attached hydrogen (secondary N) is 1. The second-order valence-corrected chi connectivity index (χ2v) is 12.2. The third-order valence-corrected chi connectivity index (χ3v) is 7.34. The standard InChI is InChI=1S/C31H34N2O4S/c1-17-16-31(6,7)32-21-10-9-20-27(26(17)21)24(36-23-12-11-22(34)29(35-8)28(20)23)15-25-19(13-14-38-25)18(2)33-37-30(3,4)5/h9-16,32,34H,1-8H3. The highest BCUT2D eigenvalue weighted by molar-refractivity contribution is 7.11. The number of rotatable bonds is 4. The number of hydrogen-bond acceptors (Lipinski definition) is 7. The van der Waals surface area contributed by atoms with E-state index in [0.717, 1.165) is 55.4 Å². The van der Waals surface area contributed by atoms with Crippen LogP contribution in [0.4, 0.5) is 5.69 Å². The molecule has 3 heterocycles. The first-order valence-corrected chi connectivity index (χ1v) is 13.5. The van der Waals surface area contributed by atoms with Gasteiger partial charge in [0.25, 0.3) is 0 Å². The average Bonchev–Trinajstić information content (AvgIpc) is 3.29. The second-order valence-electron chi connectivity index (χ2n) is 11.3. The van der Waals surface area contributed by atoms with Crippen LogP contribution < -0.4 is 14.8 Å². The summed E-state index contributed by atoms with van der Waals surface area (Å²) in [6.45, 7) is 14.3. The molecule has 0 saturated heterocycles. The molecule has 2 aliphatic rings. The minimum absolute atomic E-state index is 0.0729. The van der Waals surface area contributed by atoms with Crippen LogP contribution in [0.5, 0.6) is 17.2 Å². The zero-order chi connectivity index (χ0) is 27.4. The highest BCUT2D eigenvalue weighted by Crippen LogP contribution is 2.54. The Balaban J connectivity index is 1.74. The molecule has 2 N–H and O–H groups in total. The molecule has 0 aliphatic carbocycles. The van der Waals surface area contributed by atoms with E-state index in [1.807, 2.05) is 33.1 Å². The van der Waals surface area contributed by atoms with Gasteiger partial charge in [-0.2, -0.15) is 0 Å². The Morgan fingerprint density at radius 2 is 1.87 bits per heavy atom. The maximum absolute atomic E-state index is 10.6. The average molecular weight is 531 g/mol. The molecule has 198 valence electrons. The van der Waals surface area contributed by atoms with E-state index in [9.17, 15) is 5.11 Å². The molecule has 1 aromatic heterocycles. The number of nitrogens with zero attached hydrogens (tertiary/aromatic N) is 1. The van der Waals surface area contributed by atoms with E-state index in [-0.39, 0.29) is 16.9 Å². The minimum atomic E-state index is -0.376. The van der Waals surface area contributed by atoms with E-state index in [0.29, 0.717) is 11.5 Å². The number of thiophene rings is 1. The van der Waals surface area contributed by atoms with Crippen molar-refractivity contribution in [2.45, 2.75) is 59.6 Å². The third-order valence-electron chi connectivity index (χ3n) is 6.48. The molecule has 3 aromatic rings. The van der Waals surface area contributed by atoms with E-state index < -0.39 is 0 Å². The lowest BCUT2D eigenvalue weighted by atomic mass is 9.83. The molecular formula is C31H34N2O4S. The Bertz CT molecular complexity index is 1520. The van der Waals surface area contributed by atoms with Crippen molar-refractivity contribution in [2.24, 2.45) is 5.16 Å². The van der Waals surface area contributed by atoms with Gasteiger partial charge in [-0.25, -0.2) is 0 Å². The number of methoxy groups -OCH3 is 1. The van der Waals surface area contributed by atoms with Gasteiger partial charge in [0.2, 0.25) is 0 Å². The molecular weight excluding hydrogens is 496 g/mol. The van der Waals surface area contributed by atoms with Gasteiger partial charge in [-0.15, -0.1) is 11.3 Å². The first-order chi connectivity index (χ1) is 17.9. The summed E-state index contributed by atoms with van der Waals surface area (Å²) in [7, 11) is 1.56. The molecule has 38 heavy (non-hydrogen) atoms. The molecule has 5 rings (SSSR count). The molecule has 0 fully saturated rings. The Hall–Kier alpha value is -3.71. The van der Waals surface area contributed by atoms with E-state index in [2.05, 4.69) is 61.6 Å². The molecule has 6 nitrogen and oxygen atoms in total. The number of allylic oxidation sites excluding steroid dienone is 1. The normalized spacial score (nSPS) is 17.0. The van der Waals surface area contributed by atoms with Crippen molar-refractivity contribution >= 4 is 40.1 Å². The second kappa shape index (κ2) is 9.24. The Morgan fingerprint density at radius 3 is 2.58 bits per heavy atom. The van der Waals surface area contributed by atoms with Crippen molar-refractivity contribution in [3.8, 4) is 28.4 Å². The third kappa shape index (κ3) is 4.67. The number of phenolic OH excluding ortho intramolecular Hbond substituents is 1. The van der Waals surface area contributed by atoms with Crippen LogP contribution in [0.15, 0.2) is 46.9 Å². The smallest absolute Gasteiger partial charge is 0.172 e. The van der Waals surface area contributed by atoms with Gasteiger partial charge in [0.1, 0.15) is 17.1 Å². The summed E-state index contributed by atoms with van der Waals surface area (Å²) in [5, 5.41) is 20.7. The van der Waals surface area contributed by atoms with Gasteiger partial charge in [-0.1, -0.05) is 17.3 Å². The number of benzene rings is 2. The lowest BCUT2D eigenvalue weighted by molar-refractivity contribution is 0.000956. The van der Waals surface area contributed by atoms with Crippen LogP contribution in [0, 0.1) is 0 Å². The van der Waals surface area contributed by atoms with Crippen molar-refractivity contribution in [3.63, 3.8) is 0 Å². The zero-order valence-electron chi connectivity index (χ0n) is 23.1. The number of phenols is 1. The fourth-order valence-corrected chi connectivity index (χ4v) is 5.92. The molecule has 0 amide bonds. The summed E-state index contributed by atoms with van der Waals surface area (Å²) in [6.07, 6.45) is 4.31. The van der Waals surface area contributed by atoms with Crippen LogP contribution in [-0.4, -0.2) is 29.1 Å². The van der Waals surface area contributed by atoms with Crippen molar-refractivity contribution in [1.29, 1.82) is 0 Å². The molecule has 0 atom stereocenters. The van der Waals surface area contributed by atoms with Crippen LogP contribution in [-0.2, 0) is 4.84 Å². The predicted molar refractivity (Wildman–Crippen MR) is 157 cm³/mol.